The van der Waals surface area contributed by atoms with Crippen molar-refractivity contribution in [1.29, 1.82) is 0 Å². The maximum atomic E-state index is 6.43. The number of methoxy groups -OCH3 is 1. The van der Waals surface area contributed by atoms with Gasteiger partial charge < -0.3 is 14.8 Å². The second kappa shape index (κ2) is 9.60. The second-order valence-corrected chi connectivity index (χ2v) is 6.77. The number of nitrogens with one attached hydrogen (secondary N) is 1. The highest BCUT2D eigenvalue weighted by Crippen LogP contribution is 2.37. The topological polar surface area (TPSA) is 43.4 Å². The number of nitrogens with zero attached hydrogens (tertiary/aromatic N) is 1. The molecule has 0 fully saturated rings. The maximum absolute atomic E-state index is 6.43. The van der Waals surface area contributed by atoms with Crippen LogP contribution < -0.4 is 14.8 Å². The molecular weight excluding hydrogens is 383 g/mol. The zero-order chi connectivity index (χ0) is 19.1. The molecule has 0 amide bonds. The molecule has 140 valence electrons. The lowest BCUT2D eigenvalue weighted by Gasteiger charge is -2.15. The van der Waals surface area contributed by atoms with Gasteiger partial charge in [-0.3, -0.25) is 4.98 Å². The van der Waals surface area contributed by atoms with Gasteiger partial charge in [0.1, 0.15) is 6.61 Å². The minimum Gasteiger partial charge on any atom is -0.493 e. The molecule has 0 bridgehead atoms. The Morgan fingerprint density at radius 3 is 2.56 bits per heavy atom. The zero-order valence-electron chi connectivity index (χ0n) is 14.9. The Morgan fingerprint density at radius 2 is 1.81 bits per heavy atom. The first-order chi connectivity index (χ1) is 13.2. The van der Waals surface area contributed by atoms with Crippen LogP contribution in [0.15, 0.2) is 60.9 Å². The Balaban J connectivity index is 1.65. The zero-order valence-corrected chi connectivity index (χ0v) is 16.4. The average molecular weight is 403 g/mol. The predicted molar refractivity (Wildman–Crippen MR) is 109 cm³/mol. The van der Waals surface area contributed by atoms with E-state index < -0.39 is 0 Å². The Labute approximate surface area is 169 Å². The van der Waals surface area contributed by atoms with Gasteiger partial charge in [0.25, 0.3) is 0 Å². The molecule has 0 aliphatic heterocycles. The second-order valence-electron chi connectivity index (χ2n) is 5.95. The number of benzene rings is 2. The van der Waals surface area contributed by atoms with E-state index in [1.165, 1.54) is 0 Å². The van der Waals surface area contributed by atoms with Crippen molar-refractivity contribution in [2.45, 2.75) is 19.7 Å². The van der Waals surface area contributed by atoms with E-state index in [0.29, 0.717) is 36.2 Å². The molecule has 2 aromatic carbocycles. The third-order valence-electron chi connectivity index (χ3n) is 4.00. The summed E-state index contributed by atoms with van der Waals surface area (Å²) in [4.78, 5) is 4.08. The first-order valence-electron chi connectivity index (χ1n) is 8.49. The number of aromatic nitrogens is 1. The molecule has 0 aliphatic carbocycles. The van der Waals surface area contributed by atoms with E-state index in [1.54, 1.807) is 19.5 Å². The van der Waals surface area contributed by atoms with Gasteiger partial charge in [-0.2, -0.15) is 0 Å². The molecule has 27 heavy (non-hydrogen) atoms. The standard InChI is InChI=1S/C21H20Cl2N2O2/c1-26-20-10-16(12-25-13-17-6-2-3-7-18(17)22)9-19(23)21(20)27-14-15-5-4-8-24-11-15/h2-11,25H,12-14H2,1H3. The average Bonchev–Trinajstić information content (AvgIpc) is 2.69. The van der Waals surface area contributed by atoms with Crippen LogP contribution in [0.4, 0.5) is 0 Å². The predicted octanol–water partition coefficient (Wildman–Crippen LogP) is 5.27. The molecular formula is C21H20Cl2N2O2. The van der Waals surface area contributed by atoms with E-state index >= 15 is 0 Å². The van der Waals surface area contributed by atoms with Gasteiger partial charge in [0, 0.05) is 36.1 Å². The van der Waals surface area contributed by atoms with Gasteiger partial charge in [0.15, 0.2) is 11.5 Å². The first-order valence-corrected chi connectivity index (χ1v) is 9.25. The molecule has 0 unspecified atom stereocenters. The molecule has 1 N–H and O–H groups in total. The van der Waals surface area contributed by atoms with Crippen LogP contribution in [0.5, 0.6) is 11.5 Å². The van der Waals surface area contributed by atoms with Gasteiger partial charge in [0.2, 0.25) is 0 Å². The number of pyridine rings is 1. The van der Waals surface area contributed by atoms with E-state index in [2.05, 4.69) is 10.3 Å². The SMILES string of the molecule is COc1cc(CNCc2ccccc2Cl)cc(Cl)c1OCc1cccnc1. The van der Waals surface area contributed by atoms with Crippen LogP contribution in [0.25, 0.3) is 0 Å². The minimum atomic E-state index is 0.369. The quantitative estimate of drug-likeness (QED) is 0.557. The van der Waals surface area contributed by atoms with Crippen molar-refractivity contribution >= 4 is 23.2 Å². The third kappa shape index (κ3) is 5.36. The van der Waals surface area contributed by atoms with Gasteiger partial charge in [0.05, 0.1) is 12.1 Å². The Kier molecular flexibility index (Phi) is 6.93. The van der Waals surface area contributed by atoms with E-state index in [1.807, 2.05) is 48.5 Å². The summed E-state index contributed by atoms with van der Waals surface area (Å²) >= 11 is 12.6. The van der Waals surface area contributed by atoms with Gasteiger partial charge in [-0.15, -0.1) is 0 Å². The van der Waals surface area contributed by atoms with Crippen LogP contribution in [0.2, 0.25) is 10.0 Å². The lowest BCUT2D eigenvalue weighted by Crippen LogP contribution is -2.13. The fourth-order valence-corrected chi connectivity index (χ4v) is 3.13. The third-order valence-corrected chi connectivity index (χ3v) is 4.65. The van der Waals surface area contributed by atoms with Crippen LogP contribution in [-0.2, 0) is 19.7 Å². The molecule has 0 saturated carbocycles. The van der Waals surface area contributed by atoms with E-state index in [0.717, 1.165) is 21.7 Å². The fraction of sp³-hybridized carbons (Fsp3) is 0.190. The van der Waals surface area contributed by atoms with E-state index in [-0.39, 0.29) is 0 Å². The monoisotopic (exact) mass is 402 g/mol. The number of hydrogen-bond acceptors (Lipinski definition) is 4. The lowest BCUT2D eigenvalue weighted by atomic mass is 10.1. The first kappa shape index (κ1) is 19.5. The van der Waals surface area contributed by atoms with Crippen LogP contribution >= 0.6 is 23.2 Å². The van der Waals surface area contributed by atoms with Gasteiger partial charge >= 0.3 is 0 Å². The van der Waals surface area contributed by atoms with E-state index in [9.17, 15) is 0 Å². The summed E-state index contributed by atoms with van der Waals surface area (Å²) in [6.07, 6.45) is 3.48. The summed E-state index contributed by atoms with van der Waals surface area (Å²) in [6, 6.07) is 15.4. The smallest absolute Gasteiger partial charge is 0.180 e. The van der Waals surface area contributed by atoms with Crippen molar-refractivity contribution in [3.63, 3.8) is 0 Å². The molecule has 0 saturated heterocycles. The maximum Gasteiger partial charge on any atom is 0.180 e. The van der Waals surface area contributed by atoms with Crippen molar-refractivity contribution in [3.8, 4) is 11.5 Å². The lowest BCUT2D eigenvalue weighted by molar-refractivity contribution is 0.284. The molecule has 0 spiro atoms. The van der Waals surface area contributed by atoms with Gasteiger partial charge in [-0.25, -0.2) is 0 Å². The summed E-state index contributed by atoms with van der Waals surface area (Å²) in [7, 11) is 1.60. The number of halogens is 2. The van der Waals surface area contributed by atoms with Gasteiger partial charge in [-0.05, 0) is 35.4 Å². The fourth-order valence-electron chi connectivity index (χ4n) is 2.64. The summed E-state index contributed by atoms with van der Waals surface area (Å²) in [6.45, 7) is 1.66. The van der Waals surface area contributed by atoms with Crippen LogP contribution in [-0.4, -0.2) is 12.1 Å². The summed E-state index contributed by atoms with van der Waals surface area (Å²) in [5.41, 5.74) is 3.01. The van der Waals surface area contributed by atoms with Crippen molar-refractivity contribution in [3.05, 3.63) is 87.7 Å². The van der Waals surface area contributed by atoms with E-state index in [4.69, 9.17) is 32.7 Å². The largest absolute Gasteiger partial charge is 0.493 e. The molecule has 0 aliphatic rings. The molecule has 1 heterocycles. The molecule has 4 nitrogen and oxygen atoms in total. The molecule has 1 aromatic heterocycles. The number of hydrogen-bond donors (Lipinski definition) is 1. The Hall–Kier alpha value is -2.27. The highest BCUT2D eigenvalue weighted by atomic mass is 35.5. The van der Waals surface area contributed by atoms with Crippen molar-refractivity contribution in [2.24, 2.45) is 0 Å². The van der Waals surface area contributed by atoms with Crippen LogP contribution in [0, 0.1) is 0 Å². The number of ether oxygens (including phenoxy) is 2. The van der Waals surface area contributed by atoms with Crippen LogP contribution in [0.3, 0.4) is 0 Å². The summed E-state index contributed by atoms with van der Waals surface area (Å²) < 4.78 is 11.3. The number of rotatable bonds is 8. The molecule has 0 radical (unpaired) electrons. The molecule has 3 rings (SSSR count). The molecule has 6 heteroatoms. The Bertz CT molecular complexity index is 889. The molecule has 3 aromatic rings. The highest BCUT2D eigenvalue weighted by molar-refractivity contribution is 6.32. The van der Waals surface area contributed by atoms with Crippen LogP contribution in [0.1, 0.15) is 16.7 Å². The summed E-state index contributed by atoms with van der Waals surface area (Å²) in [5.74, 6) is 1.12. The highest BCUT2D eigenvalue weighted by Gasteiger charge is 2.12. The van der Waals surface area contributed by atoms with Crippen molar-refractivity contribution in [1.82, 2.24) is 10.3 Å². The Morgan fingerprint density at radius 1 is 0.963 bits per heavy atom. The minimum absolute atomic E-state index is 0.369. The van der Waals surface area contributed by atoms with Crippen molar-refractivity contribution < 1.29 is 9.47 Å². The van der Waals surface area contributed by atoms with Crippen molar-refractivity contribution in [2.75, 3.05) is 7.11 Å². The summed E-state index contributed by atoms with van der Waals surface area (Å²) in [5, 5.41) is 4.62. The normalized spacial score (nSPS) is 10.6. The molecule has 0 atom stereocenters. The van der Waals surface area contributed by atoms with Gasteiger partial charge in [-0.1, -0.05) is 47.5 Å².